The van der Waals surface area contributed by atoms with Crippen molar-refractivity contribution in [2.45, 2.75) is 50.7 Å². The summed E-state index contributed by atoms with van der Waals surface area (Å²) in [5.74, 6) is -0.398. The standard InChI is InChI=1S/C29H33Cl2N3O5S/c1-5-27(29(36)32-20(2)3)33(18-21-9-11-22(30)12-10-21)28(35)19-34(24-8-6-7-23(31)17-24)40(37,38)26-15-13-25(39-4)14-16-26/h6-17,20,27H,5,18-19H2,1-4H3,(H,32,36)/t27-/m0/s1. The van der Waals surface area contributed by atoms with E-state index in [0.29, 0.717) is 22.2 Å². The van der Waals surface area contributed by atoms with Crippen molar-refractivity contribution in [3.63, 3.8) is 0 Å². The maximum absolute atomic E-state index is 14.0. The molecule has 1 N–H and O–H groups in total. The second kappa shape index (κ2) is 13.9. The fourth-order valence-electron chi connectivity index (χ4n) is 4.12. The summed E-state index contributed by atoms with van der Waals surface area (Å²) < 4.78 is 34.0. The van der Waals surface area contributed by atoms with Gasteiger partial charge in [0, 0.05) is 22.6 Å². The van der Waals surface area contributed by atoms with E-state index in [0.717, 1.165) is 9.87 Å². The minimum absolute atomic E-state index is 0.0325. The molecule has 3 rings (SSSR count). The van der Waals surface area contributed by atoms with Crippen molar-refractivity contribution in [3.8, 4) is 5.75 Å². The van der Waals surface area contributed by atoms with Crippen LogP contribution in [0, 0.1) is 0 Å². The van der Waals surface area contributed by atoms with E-state index in [2.05, 4.69) is 5.32 Å². The number of nitrogens with zero attached hydrogens (tertiary/aromatic N) is 2. The molecule has 0 radical (unpaired) electrons. The first-order valence-electron chi connectivity index (χ1n) is 12.7. The lowest BCUT2D eigenvalue weighted by Crippen LogP contribution is -2.53. The van der Waals surface area contributed by atoms with Gasteiger partial charge in [0.1, 0.15) is 18.3 Å². The van der Waals surface area contributed by atoms with E-state index in [9.17, 15) is 18.0 Å². The number of amides is 2. The van der Waals surface area contributed by atoms with Gasteiger partial charge in [0.05, 0.1) is 17.7 Å². The number of methoxy groups -OCH3 is 1. The van der Waals surface area contributed by atoms with Gasteiger partial charge < -0.3 is 15.0 Å². The highest BCUT2D eigenvalue weighted by Gasteiger charge is 2.34. The number of nitrogens with one attached hydrogen (secondary N) is 1. The SMILES string of the molecule is CC[C@@H](C(=O)NC(C)C)N(Cc1ccc(Cl)cc1)C(=O)CN(c1cccc(Cl)c1)S(=O)(=O)c1ccc(OC)cc1. The van der Waals surface area contributed by atoms with Crippen LogP contribution in [0.5, 0.6) is 5.75 Å². The highest BCUT2D eigenvalue weighted by molar-refractivity contribution is 7.92. The molecule has 0 spiro atoms. The van der Waals surface area contributed by atoms with Gasteiger partial charge in [-0.1, -0.05) is 48.3 Å². The van der Waals surface area contributed by atoms with Crippen LogP contribution < -0.4 is 14.4 Å². The highest BCUT2D eigenvalue weighted by Crippen LogP contribution is 2.28. The van der Waals surface area contributed by atoms with E-state index >= 15 is 0 Å². The Kier molecular flexibility index (Phi) is 10.8. The molecule has 0 saturated heterocycles. The summed E-state index contributed by atoms with van der Waals surface area (Å²) in [4.78, 5) is 28.6. The van der Waals surface area contributed by atoms with E-state index in [1.165, 1.54) is 42.3 Å². The van der Waals surface area contributed by atoms with Gasteiger partial charge in [0.2, 0.25) is 11.8 Å². The second-order valence-electron chi connectivity index (χ2n) is 9.40. The Labute approximate surface area is 245 Å². The summed E-state index contributed by atoms with van der Waals surface area (Å²) in [6.07, 6.45) is 0.320. The molecule has 0 aliphatic carbocycles. The minimum Gasteiger partial charge on any atom is -0.497 e. The number of halogens is 2. The molecule has 1 atom stereocenters. The van der Waals surface area contributed by atoms with Gasteiger partial charge in [-0.25, -0.2) is 8.42 Å². The zero-order valence-electron chi connectivity index (χ0n) is 22.8. The summed E-state index contributed by atoms with van der Waals surface area (Å²) in [5, 5.41) is 3.71. The topological polar surface area (TPSA) is 96.0 Å². The Bertz CT molecular complexity index is 1410. The van der Waals surface area contributed by atoms with Crippen molar-refractivity contribution in [3.05, 3.63) is 88.4 Å². The highest BCUT2D eigenvalue weighted by atomic mass is 35.5. The number of anilines is 1. The number of carbonyl (C=O) groups excluding carboxylic acids is 2. The summed E-state index contributed by atoms with van der Waals surface area (Å²) in [6, 6.07) is 18.1. The summed E-state index contributed by atoms with van der Waals surface area (Å²) in [7, 11) is -2.74. The number of hydrogen-bond acceptors (Lipinski definition) is 5. The van der Waals surface area contributed by atoms with E-state index in [1.54, 1.807) is 49.4 Å². The van der Waals surface area contributed by atoms with Gasteiger partial charge >= 0.3 is 0 Å². The van der Waals surface area contributed by atoms with Gasteiger partial charge in [0.25, 0.3) is 10.0 Å². The van der Waals surface area contributed by atoms with Crippen molar-refractivity contribution >= 4 is 50.7 Å². The van der Waals surface area contributed by atoms with Crippen molar-refractivity contribution in [2.75, 3.05) is 18.0 Å². The van der Waals surface area contributed by atoms with Crippen LogP contribution in [0.4, 0.5) is 5.69 Å². The molecule has 2 amide bonds. The predicted octanol–water partition coefficient (Wildman–Crippen LogP) is 5.53. The van der Waals surface area contributed by atoms with E-state index in [4.69, 9.17) is 27.9 Å². The molecule has 3 aromatic carbocycles. The van der Waals surface area contributed by atoms with E-state index < -0.39 is 28.5 Å². The van der Waals surface area contributed by atoms with Crippen molar-refractivity contribution < 1.29 is 22.7 Å². The normalized spacial score (nSPS) is 12.1. The summed E-state index contributed by atoms with van der Waals surface area (Å²) >= 11 is 12.3. The number of carbonyl (C=O) groups is 2. The maximum atomic E-state index is 14.0. The molecule has 0 fully saturated rings. The molecule has 0 unspecified atom stereocenters. The van der Waals surface area contributed by atoms with Crippen molar-refractivity contribution in [1.82, 2.24) is 10.2 Å². The lowest BCUT2D eigenvalue weighted by Gasteiger charge is -2.33. The third-order valence-corrected chi connectivity index (χ3v) is 8.38. The zero-order chi connectivity index (χ0) is 29.4. The van der Waals surface area contributed by atoms with Crippen LogP contribution >= 0.6 is 23.2 Å². The molecular weight excluding hydrogens is 573 g/mol. The number of rotatable bonds is 12. The molecule has 0 heterocycles. The third-order valence-electron chi connectivity index (χ3n) is 6.11. The Morgan fingerprint density at radius 1 is 0.950 bits per heavy atom. The predicted molar refractivity (Wildman–Crippen MR) is 158 cm³/mol. The smallest absolute Gasteiger partial charge is 0.264 e. The van der Waals surface area contributed by atoms with Crippen LogP contribution in [0.3, 0.4) is 0 Å². The Hall–Kier alpha value is -3.27. The first-order valence-corrected chi connectivity index (χ1v) is 14.9. The van der Waals surface area contributed by atoms with E-state index in [1.807, 2.05) is 13.8 Å². The summed E-state index contributed by atoms with van der Waals surface area (Å²) in [6.45, 7) is 4.98. The molecule has 3 aromatic rings. The Morgan fingerprint density at radius 2 is 1.60 bits per heavy atom. The van der Waals surface area contributed by atoms with Crippen LogP contribution in [-0.2, 0) is 26.2 Å². The lowest BCUT2D eigenvalue weighted by molar-refractivity contribution is -0.140. The van der Waals surface area contributed by atoms with Crippen LogP contribution in [-0.4, -0.2) is 50.9 Å². The number of ether oxygens (including phenoxy) is 1. The van der Waals surface area contributed by atoms with Crippen LogP contribution in [0.25, 0.3) is 0 Å². The monoisotopic (exact) mass is 605 g/mol. The molecule has 0 aliphatic rings. The van der Waals surface area contributed by atoms with Crippen LogP contribution in [0.15, 0.2) is 77.7 Å². The minimum atomic E-state index is -4.22. The summed E-state index contributed by atoms with van der Waals surface area (Å²) in [5.41, 5.74) is 0.948. The lowest BCUT2D eigenvalue weighted by atomic mass is 10.1. The largest absolute Gasteiger partial charge is 0.497 e. The maximum Gasteiger partial charge on any atom is 0.264 e. The van der Waals surface area contributed by atoms with Gasteiger partial charge in [0.15, 0.2) is 0 Å². The van der Waals surface area contributed by atoms with Crippen molar-refractivity contribution in [1.29, 1.82) is 0 Å². The van der Waals surface area contributed by atoms with Crippen LogP contribution in [0.2, 0.25) is 10.0 Å². The molecule has 0 aromatic heterocycles. The first kappa shape index (κ1) is 31.3. The van der Waals surface area contributed by atoms with Crippen LogP contribution in [0.1, 0.15) is 32.8 Å². The fourth-order valence-corrected chi connectivity index (χ4v) is 5.84. The molecule has 0 aliphatic heterocycles. The van der Waals surface area contributed by atoms with Gasteiger partial charge in [-0.05, 0) is 80.4 Å². The fraction of sp³-hybridized carbons (Fsp3) is 0.310. The second-order valence-corrected chi connectivity index (χ2v) is 12.1. The van der Waals surface area contributed by atoms with E-state index in [-0.39, 0.29) is 29.1 Å². The first-order chi connectivity index (χ1) is 19.0. The average Bonchev–Trinajstić information content (AvgIpc) is 2.92. The molecule has 214 valence electrons. The molecule has 11 heteroatoms. The zero-order valence-corrected chi connectivity index (χ0v) is 25.1. The number of hydrogen-bond donors (Lipinski definition) is 1. The van der Waals surface area contributed by atoms with Gasteiger partial charge in [-0.2, -0.15) is 0 Å². The molecule has 8 nitrogen and oxygen atoms in total. The number of sulfonamides is 1. The number of benzene rings is 3. The molecule has 40 heavy (non-hydrogen) atoms. The quantitative estimate of drug-likeness (QED) is 0.293. The third kappa shape index (κ3) is 7.90. The molecule has 0 saturated carbocycles. The molecular formula is C29H33Cl2N3O5S. The Balaban J connectivity index is 2.06. The van der Waals surface area contributed by atoms with Gasteiger partial charge in [-0.3, -0.25) is 13.9 Å². The van der Waals surface area contributed by atoms with Crippen molar-refractivity contribution in [2.24, 2.45) is 0 Å². The Morgan fingerprint density at radius 3 is 2.15 bits per heavy atom. The molecule has 0 bridgehead atoms. The average molecular weight is 607 g/mol. The van der Waals surface area contributed by atoms with Gasteiger partial charge in [-0.15, -0.1) is 0 Å².